The Morgan fingerprint density at radius 3 is 2.18 bits per heavy atom. The van der Waals surface area contributed by atoms with Crippen LogP contribution in [0.3, 0.4) is 0 Å². The molecule has 0 radical (unpaired) electrons. The average Bonchev–Trinajstić information content (AvgIpc) is 2.96. The normalized spacial score (nSPS) is 11.6. The van der Waals surface area contributed by atoms with E-state index in [0.29, 0.717) is 11.1 Å². The second kappa shape index (κ2) is 6.24. The monoisotopic (exact) mass is 375 g/mol. The molecule has 0 saturated carbocycles. The maximum atomic E-state index is 12.8. The van der Waals surface area contributed by atoms with E-state index in [1.54, 1.807) is 36.4 Å². The first-order valence-corrected chi connectivity index (χ1v) is 8.26. The van der Waals surface area contributed by atoms with Gasteiger partial charge in [-0.05, 0) is 23.3 Å². The molecule has 0 bridgehead atoms. The van der Waals surface area contributed by atoms with E-state index in [4.69, 9.17) is 5.11 Å². The summed E-state index contributed by atoms with van der Waals surface area (Å²) in [5, 5.41) is 31.1. The summed E-state index contributed by atoms with van der Waals surface area (Å²) in [6, 6.07) is 13.7. The number of nitrogens with one attached hydrogen (secondary N) is 1. The summed E-state index contributed by atoms with van der Waals surface area (Å²) < 4.78 is 0. The number of phenolic OH excluding ortho intramolecular Hbond substituents is 1. The highest BCUT2D eigenvalue weighted by atomic mass is 16.4. The number of fused-ring (bicyclic) bond motifs is 3. The first-order chi connectivity index (χ1) is 13.4. The minimum Gasteiger partial charge on any atom is -0.507 e. The van der Waals surface area contributed by atoms with Crippen molar-refractivity contribution in [3.8, 4) is 22.6 Å². The molecule has 1 aliphatic rings. The lowest BCUT2D eigenvalue weighted by molar-refractivity contribution is 0.0693. The molecule has 3 aromatic rings. The zero-order valence-electron chi connectivity index (χ0n) is 14.3. The molecule has 0 unspecified atom stereocenters. The molecule has 3 aromatic carbocycles. The Kier molecular flexibility index (Phi) is 3.85. The quantitative estimate of drug-likeness (QED) is 0.322. The number of aromatic hydroxyl groups is 2. The lowest BCUT2D eigenvalue weighted by Crippen LogP contribution is -2.16. The second-order valence-corrected chi connectivity index (χ2v) is 6.25. The van der Waals surface area contributed by atoms with E-state index in [9.17, 15) is 24.6 Å². The van der Waals surface area contributed by atoms with E-state index in [1.165, 1.54) is 6.07 Å². The minimum atomic E-state index is -1.42. The SMILES string of the molecule is O=C(O)c1cc(NC(=O)c2cccc3c2C(=O)c2ccccc2-3)c(O)cc1O. The molecule has 138 valence electrons. The number of hydrogen-bond donors (Lipinski definition) is 4. The van der Waals surface area contributed by atoms with E-state index in [-0.39, 0.29) is 22.6 Å². The Hall–Kier alpha value is -4.13. The Labute approximate surface area is 158 Å². The minimum absolute atomic E-state index is 0.100. The number of anilines is 1. The Morgan fingerprint density at radius 2 is 1.46 bits per heavy atom. The lowest BCUT2D eigenvalue weighted by atomic mass is 10.00. The third kappa shape index (κ3) is 2.57. The summed E-state index contributed by atoms with van der Waals surface area (Å²) in [5.74, 6) is -3.51. The molecular formula is C21H13NO6. The zero-order valence-corrected chi connectivity index (χ0v) is 14.3. The fourth-order valence-corrected chi connectivity index (χ4v) is 3.30. The average molecular weight is 375 g/mol. The zero-order chi connectivity index (χ0) is 20.0. The van der Waals surface area contributed by atoms with Crippen LogP contribution in [0.2, 0.25) is 0 Å². The summed E-state index contributed by atoms with van der Waals surface area (Å²) >= 11 is 0. The summed E-state index contributed by atoms with van der Waals surface area (Å²) in [7, 11) is 0. The molecule has 0 atom stereocenters. The van der Waals surface area contributed by atoms with Gasteiger partial charge in [-0.25, -0.2) is 4.79 Å². The van der Waals surface area contributed by atoms with Crippen LogP contribution in [0.5, 0.6) is 11.5 Å². The Morgan fingerprint density at radius 1 is 0.786 bits per heavy atom. The van der Waals surface area contributed by atoms with Gasteiger partial charge in [-0.3, -0.25) is 9.59 Å². The molecule has 4 rings (SSSR count). The van der Waals surface area contributed by atoms with Crippen LogP contribution in [0, 0.1) is 0 Å². The second-order valence-electron chi connectivity index (χ2n) is 6.25. The summed E-state index contributed by atoms with van der Waals surface area (Å²) in [4.78, 5) is 36.7. The van der Waals surface area contributed by atoms with E-state index in [1.807, 2.05) is 0 Å². The number of carbonyl (C=O) groups is 3. The van der Waals surface area contributed by atoms with Crippen LogP contribution >= 0.6 is 0 Å². The van der Waals surface area contributed by atoms with Gasteiger partial charge in [0.2, 0.25) is 0 Å². The predicted octanol–water partition coefficient (Wildman–Crippen LogP) is 3.26. The molecule has 0 saturated heterocycles. The number of amides is 1. The molecule has 0 aliphatic heterocycles. The third-order valence-corrected chi connectivity index (χ3v) is 4.59. The van der Waals surface area contributed by atoms with Crippen molar-refractivity contribution < 1.29 is 29.7 Å². The predicted molar refractivity (Wildman–Crippen MR) is 100.0 cm³/mol. The molecule has 1 aliphatic carbocycles. The molecule has 28 heavy (non-hydrogen) atoms. The van der Waals surface area contributed by atoms with Crippen molar-refractivity contribution in [2.75, 3.05) is 5.32 Å². The first-order valence-electron chi connectivity index (χ1n) is 8.26. The van der Waals surface area contributed by atoms with Crippen molar-refractivity contribution in [2.45, 2.75) is 0 Å². The van der Waals surface area contributed by atoms with Gasteiger partial charge in [0.1, 0.15) is 17.1 Å². The molecule has 0 heterocycles. The number of aromatic carboxylic acids is 1. The third-order valence-electron chi connectivity index (χ3n) is 4.59. The molecule has 7 heteroatoms. The van der Waals surface area contributed by atoms with Crippen LogP contribution in [0.4, 0.5) is 5.69 Å². The molecule has 0 fully saturated rings. The van der Waals surface area contributed by atoms with Gasteiger partial charge in [-0.1, -0.05) is 36.4 Å². The van der Waals surface area contributed by atoms with Gasteiger partial charge >= 0.3 is 5.97 Å². The van der Waals surface area contributed by atoms with Crippen molar-refractivity contribution in [1.82, 2.24) is 0 Å². The number of rotatable bonds is 3. The van der Waals surface area contributed by atoms with Crippen LogP contribution in [0.1, 0.15) is 36.6 Å². The van der Waals surface area contributed by atoms with Gasteiger partial charge in [0.25, 0.3) is 5.91 Å². The Balaban J connectivity index is 1.75. The highest BCUT2D eigenvalue weighted by Gasteiger charge is 2.31. The molecule has 0 spiro atoms. The number of carbonyl (C=O) groups excluding carboxylic acids is 2. The number of benzene rings is 3. The summed E-state index contributed by atoms with van der Waals surface area (Å²) in [6.07, 6.45) is 0. The van der Waals surface area contributed by atoms with Crippen LogP contribution in [-0.4, -0.2) is 33.0 Å². The van der Waals surface area contributed by atoms with E-state index in [2.05, 4.69) is 5.32 Å². The fourth-order valence-electron chi connectivity index (χ4n) is 3.30. The highest BCUT2D eigenvalue weighted by Crippen LogP contribution is 2.38. The standard InChI is InChI=1S/C21H13NO6/c23-16-9-17(24)15(8-14(16)21(27)28)22-20(26)13-7-3-6-11-10-4-1-2-5-12(10)19(25)18(11)13/h1-9,23-24H,(H,22,26)(H,27,28). The lowest BCUT2D eigenvalue weighted by Gasteiger charge is -2.11. The van der Waals surface area contributed by atoms with E-state index < -0.39 is 28.9 Å². The molecule has 4 N–H and O–H groups in total. The van der Waals surface area contributed by atoms with Crippen molar-refractivity contribution in [1.29, 1.82) is 0 Å². The molecule has 1 amide bonds. The van der Waals surface area contributed by atoms with Crippen LogP contribution in [-0.2, 0) is 0 Å². The molecular weight excluding hydrogens is 362 g/mol. The van der Waals surface area contributed by atoms with Gasteiger partial charge in [0.15, 0.2) is 5.78 Å². The topological polar surface area (TPSA) is 124 Å². The maximum Gasteiger partial charge on any atom is 0.339 e. The maximum absolute atomic E-state index is 12.8. The molecule has 7 nitrogen and oxygen atoms in total. The fraction of sp³-hybridized carbons (Fsp3) is 0. The van der Waals surface area contributed by atoms with Gasteiger partial charge in [-0.2, -0.15) is 0 Å². The van der Waals surface area contributed by atoms with Crippen molar-refractivity contribution in [2.24, 2.45) is 0 Å². The molecule has 0 aromatic heterocycles. The van der Waals surface area contributed by atoms with Crippen molar-refractivity contribution in [3.63, 3.8) is 0 Å². The smallest absolute Gasteiger partial charge is 0.339 e. The summed E-state index contributed by atoms with van der Waals surface area (Å²) in [5.41, 5.74) is 1.54. The van der Waals surface area contributed by atoms with E-state index in [0.717, 1.165) is 17.7 Å². The van der Waals surface area contributed by atoms with Crippen molar-refractivity contribution in [3.05, 3.63) is 76.9 Å². The van der Waals surface area contributed by atoms with Gasteiger partial charge in [0.05, 0.1) is 11.3 Å². The number of carboxylic acid groups (broad SMARTS) is 1. The number of ketones is 1. The number of phenols is 2. The number of carboxylic acids is 1. The highest BCUT2D eigenvalue weighted by molar-refractivity contribution is 6.26. The largest absolute Gasteiger partial charge is 0.507 e. The summed E-state index contributed by atoms with van der Waals surface area (Å²) in [6.45, 7) is 0. The van der Waals surface area contributed by atoms with E-state index >= 15 is 0 Å². The van der Waals surface area contributed by atoms with Gasteiger partial charge < -0.3 is 20.6 Å². The van der Waals surface area contributed by atoms with Gasteiger partial charge in [-0.15, -0.1) is 0 Å². The number of hydrogen-bond acceptors (Lipinski definition) is 5. The van der Waals surface area contributed by atoms with Crippen LogP contribution in [0.15, 0.2) is 54.6 Å². The van der Waals surface area contributed by atoms with Crippen molar-refractivity contribution >= 4 is 23.3 Å². The van der Waals surface area contributed by atoms with Gasteiger partial charge in [0, 0.05) is 17.2 Å². The Bertz CT molecular complexity index is 1180. The first kappa shape index (κ1) is 17.3. The van der Waals surface area contributed by atoms with Crippen LogP contribution in [0.25, 0.3) is 11.1 Å². The van der Waals surface area contributed by atoms with Crippen LogP contribution < -0.4 is 5.32 Å².